The highest BCUT2D eigenvalue weighted by Crippen LogP contribution is 2.14. The number of benzene rings is 1. The Bertz CT molecular complexity index is 1250. The van der Waals surface area contributed by atoms with E-state index < -0.39 is 22.5 Å². The van der Waals surface area contributed by atoms with E-state index in [1.807, 2.05) is 26.8 Å². The zero-order chi connectivity index (χ0) is 21.2. The summed E-state index contributed by atoms with van der Waals surface area (Å²) in [6.07, 6.45) is 1.67. The SMILES string of the molecule is Cc1ccc2nc(COC(=O)CNS(=O)(=O)c3ccc(C)c(C)c3)cc(=O)n2c1. The van der Waals surface area contributed by atoms with Gasteiger partial charge in [-0.3, -0.25) is 14.0 Å². The Hall–Kier alpha value is -3.04. The van der Waals surface area contributed by atoms with Crippen LogP contribution in [-0.4, -0.2) is 30.3 Å². The Morgan fingerprint density at radius 1 is 1.10 bits per heavy atom. The van der Waals surface area contributed by atoms with Gasteiger partial charge >= 0.3 is 5.97 Å². The third kappa shape index (κ3) is 4.87. The van der Waals surface area contributed by atoms with E-state index in [0.29, 0.717) is 5.65 Å². The Balaban J connectivity index is 1.62. The molecule has 0 fully saturated rings. The van der Waals surface area contributed by atoms with Gasteiger partial charge in [-0.2, -0.15) is 4.72 Å². The Morgan fingerprint density at radius 3 is 2.59 bits per heavy atom. The highest BCUT2D eigenvalue weighted by molar-refractivity contribution is 7.89. The topological polar surface area (TPSA) is 107 Å². The van der Waals surface area contributed by atoms with Gasteiger partial charge in [0.25, 0.3) is 5.56 Å². The standard InChI is InChI=1S/C20H21N3O5S/c1-13-4-7-18-22-16(9-19(24)23(18)11-13)12-28-20(25)10-21-29(26,27)17-6-5-14(2)15(3)8-17/h4-9,11,21H,10,12H2,1-3H3. The second-order valence-electron chi connectivity index (χ2n) is 6.75. The summed E-state index contributed by atoms with van der Waals surface area (Å²) in [5, 5.41) is 0. The second kappa shape index (κ2) is 8.14. The van der Waals surface area contributed by atoms with Gasteiger partial charge in [0.15, 0.2) is 0 Å². The lowest BCUT2D eigenvalue weighted by atomic mass is 10.1. The van der Waals surface area contributed by atoms with E-state index in [0.717, 1.165) is 16.7 Å². The van der Waals surface area contributed by atoms with Gasteiger partial charge in [-0.1, -0.05) is 12.1 Å². The second-order valence-corrected chi connectivity index (χ2v) is 8.52. The molecule has 3 rings (SSSR count). The van der Waals surface area contributed by atoms with Crippen LogP contribution in [0.5, 0.6) is 0 Å². The number of hydrogen-bond acceptors (Lipinski definition) is 6. The van der Waals surface area contributed by atoms with Crippen molar-refractivity contribution in [3.8, 4) is 0 Å². The van der Waals surface area contributed by atoms with E-state index in [1.165, 1.54) is 22.6 Å². The quantitative estimate of drug-likeness (QED) is 0.614. The van der Waals surface area contributed by atoms with Crippen LogP contribution in [0.15, 0.2) is 52.3 Å². The van der Waals surface area contributed by atoms with Crippen LogP contribution in [0.1, 0.15) is 22.4 Å². The number of carbonyl (C=O) groups excluding carboxylic acids is 1. The molecule has 0 radical (unpaired) electrons. The van der Waals surface area contributed by atoms with Crippen molar-refractivity contribution in [1.29, 1.82) is 0 Å². The van der Waals surface area contributed by atoms with Gasteiger partial charge in [0.05, 0.1) is 10.6 Å². The zero-order valence-corrected chi connectivity index (χ0v) is 17.1. The van der Waals surface area contributed by atoms with Crippen molar-refractivity contribution in [2.45, 2.75) is 32.3 Å². The molecule has 9 heteroatoms. The fourth-order valence-corrected chi connectivity index (χ4v) is 3.71. The number of nitrogens with one attached hydrogen (secondary N) is 1. The van der Waals surface area contributed by atoms with Crippen molar-refractivity contribution in [2.75, 3.05) is 6.54 Å². The van der Waals surface area contributed by atoms with E-state index in [1.54, 1.807) is 18.3 Å². The first kappa shape index (κ1) is 20.7. The summed E-state index contributed by atoms with van der Waals surface area (Å²) in [5.41, 5.74) is 3.14. The summed E-state index contributed by atoms with van der Waals surface area (Å²) in [6.45, 7) is 4.79. The molecular weight excluding hydrogens is 394 g/mol. The smallest absolute Gasteiger partial charge is 0.321 e. The number of fused-ring (bicyclic) bond motifs is 1. The Labute approximate surface area is 168 Å². The van der Waals surface area contributed by atoms with E-state index in [4.69, 9.17) is 4.74 Å². The molecule has 0 amide bonds. The molecule has 0 saturated carbocycles. The van der Waals surface area contributed by atoms with Crippen molar-refractivity contribution in [3.63, 3.8) is 0 Å². The van der Waals surface area contributed by atoms with Crippen molar-refractivity contribution >= 4 is 21.6 Å². The highest BCUT2D eigenvalue weighted by atomic mass is 32.2. The van der Waals surface area contributed by atoms with Gasteiger partial charge in [-0.25, -0.2) is 13.4 Å². The first-order valence-corrected chi connectivity index (χ1v) is 10.4. The van der Waals surface area contributed by atoms with E-state index in [2.05, 4.69) is 9.71 Å². The molecule has 0 aliphatic carbocycles. The number of nitrogens with zero attached hydrogens (tertiary/aromatic N) is 2. The van der Waals surface area contributed by atoms with Crippen molar-refractivity contribution in [3.05, 3.63) is 75.3 Å². The van der Waals surface area contributed by atoms with Crippen LogP contribution >= 0.6 is 0 Å². The van der Waals surface area contributed by atoms with E-state index in [-0.39, 0.29) is 22.8 Å². The minimum absolute atomic E-state index is 0.0768. The number of sulfonamides is 1. The van der Waals surface area contributed by atoms with Crippen LogP contribution in [0.4, 0.5) is 0 Å². The number of aromatic nitrogens is 2. The van der Waals surface area contributed by atoms with Crippen LogP contribution in [0.3, 0.4) is 0 Å². The van der Waals surface area contributed by atoms with Gasteiger partial charge in [0.2, 0.25) is 10.0 Å². The first-order chi connectivity index (χ1) is 13.7. The maximum atomic E-state index is 12.3. The predicted octanol–water partition coefficient (Wildman–Crippen LogP) is 1.64. The monoisotopic (exact) mass is 415 g/mol. The molecule has 0 bridgehead atoms. The average Bonchev–Trinajstić information content (AvgIpc) is 2.67. The largest absolute Gasteiger partial charge is 0.458 e. The minimum Gasteiger partial charge on any atom is -0.458 e. The summed E-state index contributed by atoms with van der Waals surface area (Å²) >= 11 is 0. The van der Waals surface area contributed by atoms with Gasteiger partial charge in [0.1, 0.15) is 18.8 Å². The Kier molecular flexibility index (Phi) is 5.81. The molecule has 2 aromatic heterocycles. The molecule has 1 aromatic carbocycles. The number of hydrogen-bond donors (Lipinski definition) is 1. The molecule has 8 nitrogen and oxygen atoms in total. The van der Waals surface area contributed by atoms with Crippen LogP contribution in [0.25, 0.3) is 5.65 Å². The molecule has 0 aliphatic rings. The lowest BCUT2D eigenvalue weighted by Gasteiger charge is -2.09. The minimum atomic E-state index is -3.84. The number of aryl methyl sites for hydroxylation is 3. The summed E-state index contributed by atoms with van der Waals surface area (Å²) < 4.78 is 33.3. The summed E-state index contributed by atoms with van der Waals surface area (Å²) in [4.78, 5) is 28.4. The van der Waals surface area contributed by atoms with Crippen LogP contribution < -0.4 is 10.3 Å². The van der Waals surface area contributed by atoms with Crippen molar-refractivity contribution in [2.24, 2.45) is 0 Å². The average molecular weight is 415 g/mol. The summed E-state index contributed by atoms with van der Waals surface area (Å²) in [5.74, 6) is -0.775. The van der Waals surface area contributed by atoms with Gasteiger partial charge in [-0.05, 0) is 55.7 Å². The zero-order valence-electron chi connectivity index (χ0n) is 16.3. The number of esters is 1. The summed E-state index contributed by atoms with van der Waals surface area (Å²) in [7, 11) is -3.84. The molecule has 0 saturated heterocycles. The van der Waals surface area contributed by atoms with Crippen LogP contribution in [-0.2, 0) is 26.2 Å². The summed E-state index contributed by atoms with van der Waals surface area (Å²) in [6, 6.07) is 9.51. The maximum absolute atomic E-state index is 12.3. The normalized spacial score (nSPS) is 11.6. The van der Waals surface area contributed by atoms with E-state index in [9.17, 15) is 18.0 Å². The lowest BCUT2D eigenvalue weighted by Crippen LogP contribution is -2.31. The molecule has 29 heavy (non-hydrogen) atoms. The molecule has 0 unspecified atom stereocenters. The number of rotatable bonds is 6. The van der Waals surface area contributed by atoms with Crippen molar-refractivity contribution in [1.82, 2.24) is 14.1 Å². The third-order valence-electron chi connectivity index (χ3n) is 4.44. The number of ether oxygens (including phenoxy) is 1. The van der Waals surface area contributed by atoms with Gasteiger partial charge in [0, 0.05) is 12.3 Å². The predicted molar refractivity (Wildman–Crippen MR) is 107 cm³/mol. The van der Waals surface area contributed by atoms with Crippen LogP contribution in [0, 0.1) is 20.8 Å². The fraction of sp³-hybridized carbons (Fsp3) is 0.250. The first-order valence-electron chi connectivity index (χ1n) is 8.87. The molecule has 3 aromatic rings. The maximum Gasteiger partial charge on any atom is 0.321 e. The molecular formula is C20H21N3O5S. The van der Waals surface area contributed by atoms with Crippen molar-refractivity contribution < 1.29 is 17.9 Å². The molecule has 0 aliphatic heterocycles. The fourth-order valence-electron chi connectivity index (χ4n) is 2.66. The molecule has 2 heterocycles. The molecule has 0 spiro atoms. The van der Waals surface area contributed by atoms with Gasteiger partial charge < -0.3 is 4.74 Å². The van der Waals surface area contributed by atoms with Crippen LogP contribution in [0.2, 0.25) is 0 Å². The molecule has 1 N–H and O–H groups in total. The van der Waals surface area contributed by atoms with E-state index >= 15 is 0 Å². The molecule has 152 valence electrons. The third-order valence-corrected chi connectivity index (χ3v) is 5.84. The number of carbonyl (C=O) groups is 1. The Morgan fingerprint density at radius 2 is 1.86 bits per heavy atom. The highest BCUT2D eigenvalue weighted by Gasteiger charge is 2.17. The lowest BCUT2D eigenvalue weighted by molar-refractivity contribution is -0.143. The van der Waals surface area contributed by atoms with Gasteiger partial charge in [-0.15, -0.1) is 0 Å². The molecule has 0 atom stereocenters. The number of pyridine rings is 1.